The molecule has 3 heterocycles. The summed E-state index contributed by atoms with van der Waals surface area (Å²) in [5, 5.41) is 111. The average Bonchev–Trinajstić information content (AvgIpc) is 1.78. The fraction of sp³-hybridized carbons (Fsp3) is 0.846. The molecule has 3 aliphatic heterocycles. The van der Waals surface area contributed by atoms with E-state index in [1.165, 1.54) is 27.4 Å². The van der Waals surface area contributed by atoms with E-state index in [0.717, 1.165) is 0 Å². The molecule has 0 aromatic heterocycles. The third-order valence-corrected chi connectivity index (χ3v) is 14.6. The van der Waals surface area contributed by atoms with Crippen molar-refractivity contribution in [1.82, 2.24) is 42.5 Å². The Morgan fingerprint density at radius 2 is 0.758 bits per heavy atom. The summed E-state index contributed by atoms with van der Waals surface area (Å²) in [5.41, 5.74) is 0. The first-order valence-corrected chi connectivity index (χ1v) is 32.6. The molecule has 526 valence electrons. The van der Waals surface area contributed by atoms with E-state index in [2.05, 4.69) is 54.8 Å². The number of amides is 8. The van der Waals surface area contributed by atoms with E-state index in [4.69, 9.17) is 51.9 Å². The van der Waals surface area contributed by atoms with Crippen LogP contribution in [0.3, 0.4) is 0 Å². The molecule has 39 heteroatoms. The van der Waals surface area contributed by atoms with Gasteiger partial charge in [0.1, 0.15) is 85.1 Å². The maximum atomic E-state index is 13.7. The molecule has 0 radical (unpaired) electrons. The van der Waals surface area contributed by atoms with E-state index in [1.54, 1.807) is 0 Å². The Balaban J connectivity index is 1.62. The van der Waals surface area contributed by atoms with E-state index in [0.29, 0.717) is 0 Å². The molecule has 3 aliphatic rings. The molecule has 91 heavy (non-hydrogen) atoms. The molecule has 0 aromatic carbocycles. The number of carbonyl (C=O) groups excluding carboxylic acids is 8. The standard InChI is InChI=1S/C52H93N8O29PS/c1-28(64)56-39-45(73)42(70)33(25-61)87-50(39)83-21-17-80-14-10-53-36(67)7-5-31(48(76)54-11-15-81-18-22-84-51-40(57-29(2)65)46(74)43(71)34(26-62)88-51)59-37(68)8-6-32(60-38(69)9-13-79-20-24-86-90(4,78)91)49(77)55-12-16-82-19-23-85-52-41(58-30(3)66)47(75)44(72)35(27-63)89-52/h31-35,39-47,50-52,61-63,70-75H,5-27H2,1-4H3,(H,53,67)(H,54,76)(H,55,77)(H,56,64)(H,57,65)(H,58,66)(H,59,68)(H,60,69)(H,78,91). The van der Waals surface area contributed by atoms with Crippen molar-refractivity contribution in [3.05, 3.63) is 0 Å². The lowest BCUT2D eigenvalue weighted by Crippen LogP contribution is -2.64. The number of rotatable bonds is 44. The quantitative estimate of drug-likeness (QED) is 0.0153. The Kier molecular flexibility index (Phi) is 38.6. The van der Waals surface area contributed by atoms with E-state index in [9.17, 15) is 88.9 Å². The zero-order valence-electron chi connectivity index (χ0n) is 51.2. The zero-order valence-corrected chi connectivity index (χ0v) is 53.0. The molecule has 18 unspecified atom stereocenters. The van der Waals surface area contributed by atoms with Gasteiger partial charge in [0.05, 0.1) is 99.1 Å². The summed E-state index contributed by atoms with van der Waals surface area (Å²) in [4.78, 5) is 102. The highest BCUT2D eigenvalue weighted by atomic mass is 32.7. The highest BCUT2D eigenvalue weighted by molar-refractivity contribution is 8.46. The highest BCUT2D eigenvalue weighted by Crippen LogP contribution is 2.47. The van der Waals surface area contributed by atoms with Gasteiger partial charge in [-0.3, -0.25) is 42.9 Å². The van der Waals surface area contributed by atoms with Gasteiger partial charge >= 0.3 is 0 Å². The predicted molar refractivity (Wildman–Crippen MR) is 312 cm³/mol. The van der Waals surface area contributed by atoms with Crippen LogP contribution in [-0.4, -0.2) is 323 Å². The molecule has 37 nitrogen and oxygen atoms in total. The first kappa shape index (κ1) is 80.8. The van der Waals surface area contributed by atoms with Crippen LogP contribution in [0.1, 0.15) is 52.9 Å². The van der Waals surface area contributed by atoms with Gasteiger partial charge in [0.25, 0.3) is 6.57 Å². The predicted octanol–water partition coefficient (Wildman–Crippen LogP) is -9.03. The van der Waals surface area contributed by atoms with Crippen LogP contribution in [0.2, 0.25) is 0 Å². The van der Waals surface area contributed by atoms with Crippen LogP contribution in [0.15, 0.2) is 0 Å². The minimum absolute atomic E-state index is 0.0310. The van der Waals surface area contributed by atoms with Gasteiger partial charge in [0, 0.05) is 66.3 Å². The molecule has 0 spiro atoms. The molecule has 18 atom stereocenters. The van der Waals surface area contributed by atoms with Gasteiger partial charge in [-0.1, -0.05) is 12.2 Å². The molecule has 8 amide bonds. The van der Waals surface area contributed by atoms with Crippen molar-refractivity contribution < 1.29 is 141 Å². The van der Waals surface area contributed by atoms with Gasteiger partial charge < -0.3 is 140 Å². The molecule has 0 bridgehead atoms. The fourth-order valence-corrected chi connectivity index (χ4v) is 9.72. The maximum Gasteiger partial charge on any atom is 0.251 e. The Morgan fingerprint density at radius 1 is 0.440 bits per heavy atom. The number of hydrogen-bond acceptors (Lipinski definition) is 29. The van der Waals surface area contributed by atoms with Gasteiger partial charge in [-0.05, 0) is 12.8 Å². The molecule has 3 saturated heterocycles. The summed E-state index contributed by atoms with van der Waals surface area (Å²) in [7, 11) is 0. The minimum atomic E-state index is -3.09. The molecule has 3 fully saturated rings. The summed E-state index contributed by atoms with van der Waals surface area (Å²) < 4.78 is 72.2. The van der Waals surface area contributed by atoms with Gasteiger partial charge in [0.15, 0.2) is 18.9 Å². The van der Waals surface area contributed by atoms with Crippen molar-refractivity contribution in [3.63, 3.8) is 0 Å². The van der Waals surface area contributed by atoms with Gasteiger partial charge in [-0.25, -0.2) is 0 Å². The lowest BCUT2D eigenvalue weighted by molar-refractivity contribution is -0.272. The second kappa shape index (κ2) is 43.5. The molecule has 0 aromatic rings. The summed E-state index contributed by atoms with van der Waals surface area (Å²) in [5.74, 6) is -5.17. The lowest BCUT2D eigenvalue weighted by Gasteiger charge is -2.42. The summed E-state index contributed by atoms with van der Waals surface area (Å²) in [6, 6.07) is -6.27. The Morgan fingerprint density at radius 3 is 1.10 bits per heavy atom. The lowest BCUT2D eigenvalue weighted by atomic mass is 9.97. The van der Waals surface area contributed by atoms with Gasteiger partial charge in [-0.2, -0.15) is 0 Å². The number of thiol groups is 1. The van der Waals surface area contributed by atoms with Crippen LogP contribution in [0.4, 0.5) is 0 Å². The van der Waals surface area contributed by atoms with Crippen LogP contribution in [0.25, 0.3) is 0 Å². The Bertz CT molecular complexity index is 2270. The van der Waals surface area contributed by atoms with Crippen LogP contribution >= 0.6 is 18.8 Å². The van der Waals surface area contributed by atoms with Crippen molar-refractivity contribution in [3.8, 4) is 0 Å². The SMILES string of the molecule is CC(=O)NC1C(OCCOCCNC(=O)CCC(NC(=O)CCC(NC(=O)CCOCCOP(C)(=O)S)C(=O)NCCOCCOC2OC(CO)C(O)C(O)C2NC(C)=O)C(=O)NCCOCCOC2OC(CO)C(O)C(O)C2NC(C)=O)OC(CO)C(O)C1O. The summed E-state index contributed by atoms with van der Waals surface area (Å²) in [6.45, 7) is -1.84. The Hall–Kier alpha value is -4.46. The highest BCUT2D eigenvalue weighted by Gasteiger charge is 2.48. The maximum absolute atomic E-state index is 13.7. The number of aliphatic hydroxyl groups excluding tert-OH is 9. The molecule has 3 rings (SSSR count). The topological polar surface area (TPSA) is 533 Å². The number of hydrogen-bond donors (Lipinski definition) is 18. The van der Waals surface area contributed by atoms with Crippen LogP contribution in [-0.2, 0) is 94.8 Å². The number of aliphatic hydroxyl groups is 9. The van der Waals surface area contributed by atoms with Crippen molar-refractivity contribution >= 4 is 66.1 Å². The third-order valence-electron chi connectivity index (χ3n) is 13.6. The van der Waals surface area contributed by atoms with Crippen molar-refractivity contribution in [2.24, 2.45) is 0 Å². The number of nitrogens with one attached hydrogen (secondary N) is 8. The van der Waals surface area contributed by atoms with Gasteiger partial charge in [0.2, 0.25) is 47.3 Å². The normalized spacial score (nSPS) is 27.9. The van der Waals surface area contributed by atoms with E-state index >= 15 is 0 Å². The Labute approximate surface area is 530 Å². The third kappa shape index (κ3) is 30.7. The van der Waals surface area contributed by atoms with Crippen molar-refractivity contribution in [2.45, 2.75) is 157 Å². The van der Waals surface area contributed by atoms with Crippen LogP contribution in [0, 0.1) is 0 Å². The molecule has 17 N–H and O–H groups in total. The van der Waals surface area contributed by atoms with Crippen LogP contribution < -0.4 is 42.5 Å². The molecular weight excluding hydrogens is 1260 g/mol. The van der Waals surface area contributed by atoms with Crippen molar-refractivity contribution in [1.29, 1.82) is 0 Å². The minimum Gasteiger partial charge on any atom is -0.394 e. The van der Waals surface area contributed by atoms with Gasteiger partial charge in [-0.15, -0.1) is 0 Å². The average molecular weight is 1360 g/mol. The summed E-state index contributed by atoms with van der Waals surface area (Å²) in [6.07, 6.45) is -18.3. The smallest absolute Gasteiger partial charge is 0.251 e. The number of carbonyl (C=O) groups is 8. The monoisotopic (exact) mass is 1360 g/mol. The van der Waals surface area contributed by atoms with Crippen LogP contribution in [0.5, 0.6) is 0 Å². The van der Waals surface area contributed by atoms with Crippen molar-refractivity contribution in [2.75, 3.05) is 125 Å². The van der Waals surface area contributed by atoms with E-state index < -0.39 is 184 Å². The first-order chi connectivity index (χ1) is 43.2. The number of ether oxygens (including phenoxy) is 10. The van der Waals surface area contributed by atoms with E-state index in [1.807, 2.05) is 0 Å². The second-order valence-corrected chi connectivity index (χ2v) is 25.0. The van der Waals surface area contributed by atoms with E-state index in [-0.39, 0.29) is 125 Å². The summed E-state index contributed by atoms with van der Waals surface area (Å²) >= 11 is 3.84. The molecule has 0 aliphatic carbocycles. The molecular formula is C52H93N8O29PS. The zero-order chi connectivity index (χ0) is 67.6. The first-order valence-electron chi connectivity index (χ1n) is 29.4. The molecule has 0 saturated carbocycles. The fourth-order valence-electron chi connectivity index (χ4n) is 9.06. The second-order valence-electron chi connectivity index (χ2n) is 21.0. The largest absolute Gasteiger partial charge is 0.394 e.